The second kappa shape index (κ2) is 6.83. The Morgan fingerprint density at radius 3 is 3.08 bits per heavy atom. The number of aryl methyl sites for hydroxylation is 1. The van der Waals surface area contributed by atoms with Crippen LogP contribution in [0.5, 0.6) is 0 Å². The van der Waals surface area contributed by atoms with E-state index in [1.165, 1.54) is 4.88 Å². The lowest BCUT2D eigenvalue weighted by Gasteiger charge is -2.12. The van der Waals surface area contributed by atoms with Crippen LogP contribution in [0.15, 0.2) is 30.6 Å². The molecule has 1 N–H and O–H groups in total. The van der Waals surface area contributed by atoms with Crippen LogP contribution < -0.4 is 5.32 Å². The van der Waals surface area contributed by atoms with Crippen molar-refractivity contribution in [2.75, 3.05) is 18.5 Å². The number of nitrogens with one attached hydrogen (secondary N) is 1. The van der Waals surface area contributed by atoms with E-state index >= 15 is 0 Å². The Morgan fingerprint density at radius 2 is 2.33 bits per heavy atom. The molecule has 6 heteroatoms. The van der Waals surface area contributed by atoms with E-state index in [-0.39, 0.29) is 6.10 Å². The van der Waals surface area contributed by atoms with Crippen LogP contribution in [0.1, 0.15) is 24.6 Å². The third kappa shape index (κ3) is 3.12. The Bertz CT molecular complexity index is 828. The van der Waals surface area contributed by atoms with E-state index in [1.54, 1.807) is 23.7 Å². The minimum absolute atomic E-state index is 0.279. The predicted octanol–water partition coefficient (Wildman–Crippen LogP) is 3.91. The highest BCUT2D eigenvalue weighted by atomic mass is 32.1. The normalized spacial score (nSPS) is 17.5. The van der Waals surface area contributed by atoms with Gasteiger partial charge in [0.25, 0.3) is 0 Å². The number of pyridine rings is 1. The number of aromatic nitrogens is 3. The first-order valence-corrected chi connectivity index (χ1v) is 9.21. The van der Waals surface area contributed by atoms with Crippen molar-refractivity contribution in [3.63, 3.8) is 0 Å². The van der Waals surface area contributed by atoms with Crippen LogP contribution in [0, 0.1) is 0 Å². The fourth-order valence-corrected chi connectivity index (χ4v) is 3.89. The van der Waals surface area contributed by atoms with Crippen molar-refractivity contribution >= 4 is 27.4 Å². The molecule has 0 aliphatic carbocycles. The van der Waals surface area contributed by atoms with Crippen LogP contribution in [0.4, 0.5) is 5.82 Å². The molecule has 124 valence electrons. The first-order valence-electron chi connectivity index (χ1n) is 8.40. The van der Waals surface area contributed by atoms with Gasteiger partial charge in [-0.1, -0.05) is 6.92 Å². The lowest BCUT2D eigenvalue weighted by atomic mass is 10.2. The molecule has 1 atom stereocenters. The van der Waals surface area contributed by atoms with Crippen molar-refractivity contribution in [3.8, 4) is 11.4 Å². The summed E-state index contributed by atoms with van der Waals surface area (Å²) in [6, 6.07) is 6.10. The van der Waals surface area contributed by atoms with Gasteiger partial charge in [-0.2, -0.15) is 0 Å². The van der Waals surface area contributed by atoms with Crippen LogP contribution in [0.25, 0.3) is 21.6 Å². The van der Waals surface area contributed by atoms with E-state index < -0.39 is 0 Å². The van der Waals surface area contributed by atoms with Crippen molar-refractivity contribution in [2.24, 2.45) is 0 Å². The van der Waals surface area contributed by atoms with Gasteiger partial charge in [0.1, 0.15) is 10.6 Å². The van der Waals surface area contributed by atoms with Gasteiger partial charge in [0.15, 0.2) is 5.82 Å². The van der Waals surface area contributed by atoms with Crippen molar-refractivity contribution in [2.45, 2.75) is 32.3 Å². The number of ether oxygens (including phenoxy) is 1. The SMILES string of the molecule is CCc1cc2c(NCC3CCCO3)nc(-c3cccnc3)nc2s1. The van der Waals surface area contributed by atoms with Crippen molar-refractivity contribution in [1.82, 2.24) is 15.0 Å². The molecule has 0 bridgehead atoms. The highest BCUT2D eigenvalue weighted by Gasteiger charge is 2.17. The smallest absolute Gasteiger partial charge is 0.164 e. The predicted molar refractivity (Wildman–Crippen MR) is 97.5 cm³/mol. The Morgan fingerprint density at radius 1 is 1.38 bits per heavy atom. The fraction of sp³-hybridized carbons (Fsp3) is 0.389. The van der Waals surface area contributed by atoms with Gasteiger partial charge in [-0.05, 0) is 37.5 Å². The standard InChI is InChI=1S/C18H20N4OS/c1-2-14-9-15-17(20-11-13-6-4-8-23-13)21-16(22-18(15)24-14)12-5-3-7-19-10-12/h3,5,7,9-10,13H,2,4,6,8,11H2,1H3,(H,20,21,22). The van der Waals surface area contributed by atoms with Gasteiger partial charge in [0, 0.05) is 36.0 Å². The number of rotatable bonds is 5. The highest BCUT2D eigenvalue weighted by molar-refractivity contribution is 7.18. The molecule has 1 saturated heterocycles. The lowest BCUT2D eigenvalue weighted by molar-refractivity contribution is 0.120. The monoisotopic (exact) mass is 340 g/mol. The first kappa shape index (κ1) is 15.5. The summed E-state index contributed by atoms with van der Waals surface area (Å²) in [6.07, 6.45) is 7.11. The number of hydrogen-bond donors (Lipinski definition) is 1. The van der Waals surface area contributed by atoms with Crippen molar-refractivity contribution in [1.29, 1.82) is 0 Å². The van der Waals surface area contributed by atoms with Gasteiger partial charge in [0.05, 0.1) is 11.5 Å². The molecule has 24 heavy (non-hydrogen) atoms. The highest BCUT2D eigenvalue weighted by Crippen LogP contribution is 2.31. The largest absolute Gasteiger partial charge is 0.376 e. The molecule has 3 aromatic heterocycles. The van der Waals surface area contributed by atoms with Gasteiger partial charge in [-0.15, -0.1) is 11.3 Å². The molecule has 1 aliphatic rings. The molecule has 5 nitrogen and oxygen atoms in total. The molecule has 1 aliphatic heterocycles. The maximum Gasteiger partial charge on any atom is 0.164 e. The Balaban J connectivity index is 1.72. The average Bonchev–Trinajstić information content (AvgIpc) is 3.29. The number of thiophene rings is 1. The molecule has 0 aromatic carbocycles. The number of fused-ring (bicyclic) bond motifs is 1. The molecule has 1 unspecified atom stereocenters. The Labute approximate surface area is 145 Å². The summed E-state index contributed by atoms with van der Waals surface area (Å²) in [5.41, 5.74) is 0.936. The van der Waals surface area contributed by atoms with Gasteiger partial charge in [-0.25, -0.2) is 9.97 Å². The van der Waals surface area contributed by atoms with Crippen LogP contribution in [0.2, 0.25) is 0 Å². The molecule has 0 saturated carbocycles. The van der Waals surface area contributed by atoms with Crippen molar-refractivity contribution in [3.05, 3.63) is 35.5 Å². The molecule has 1 fully saturated rings. The summed E-state index contributed by atoms with van der Waals surface area (Å²) in [5.74, 6) is 1.61. The van der Waals surface area contributed by atoms with E-state index in [0.717, 1.165) is 59.8 Å². The maximum absolute atomic E-state index is 5.71. The molecule has 0 radical (unpaired) electrons. The molecule has 0 spiro atoms. The maximum atomic E-state index is 5.71. The summed E-state index contributed by atoms with van der Waals surface area (Å²) >= 11 is 1.74. The average molecular weight is 340 g/mol. The zero-order valence-corrected chi connectivity index (χ0v) is 14.5. The first-order chi connectivity index (χ1) is 11.8. The van der Waals surface area contributed by atoms with Crippen molar-refractivity contribution < 1.29 is 4.74 Å². The summed E-state index contributed by atoms with van der Waals surface area (Å²) in [6.45, 7) is 3.82. The summed E-state index contributed by atoms with van der Waals surface area (Å²) in [5, 5.41) is 4.59. The zero-order chi connectivity index (χ0) is 16.4. The Hall–Kier alpha value is -2.05. The van der Waals surface area contributed by atoms with Gasteiger partial charge < -0.3 is 10.1 Å². The molecule has 4 rings (SSSR count). The molecular formula is C18H20N4OS. The quantitative estimate of drug-likeness (QED) is 0.763. The fourth-order valence-electron chi connectivity index (χ4n) is 2.92. The van der Waals surface area contributed by atoms with E-state index in [1.807, 2.05) is 12.1 Å². The van der Waals surface area contributed by atoms with E-state index in [9.17, 15) is 0 Å². The molecular weight excluding hydrogens is 320 g/mol. The Kier molecular flexibility index (Phi) is 4.40. The van der Waals surface area contributed by atoms with E-state index in [4.69, 9.17) is 14.7 Å². The molecule has 3 aromatic rings. The molecule has 0 amide bonds. The summed E-state index contributed by atoms with van der Waals surface area (Å²) < 4.78 is 5.71. The number of anilines is 1. The van der Waals surface area contributed by atoms with Crippen LogP contribution in [-0.4, -0.2) is 34.2 Å². The minimum atomic E-state index is 0.279. The topological polar surface area (TPSA) is 59.9 Å². The third-order valence-corrected chi connectivity index (χ3v) is 5.41. The minimum Gasteiger partial charge on any atom is -0.376 e. The van der Waals surface area contributed by atoms with E-state index in [2.05, 4.69) is 23.3 Å². The van der Waals surface area contributed by atoms with E-state index in [0.29, 0.717) is 0 Å². The lowest BCUT2D eigenvalue weighted by Crippen LogP contribution is -2.19. The van der Waals surface area contributed by atoms with Gasteiger partial charge in [-0.3, -0.25) is 4.98 Å². The molecule has 4 heterocycles. The van der Waals surface area contributed by atoms with Gasteiger partial charge in [0.2, 0.25) is 0 Å². The number of nitrogens with zero attached hydrogens (tertiary/aromatic N) is 3. The van der Waals surface area contributed by atoms with Crippen LogP contribution in [-0.2, 0) is 11.2 Å². The third-order valence-electron chi connectivity index (χ3n) is 4.23. The second-order valence-corrected chi connectivity index (χ2v) is 7.05. The second-order valence-electron chi connectivity index (χ2n) is 5.94. The number of hydrogen-bond acceptors (Lipinski definition) is 6. The zero-order valence-electron chi connectivity index (χ0n) is 13.7. The summed E-state index contributed by atoms with van der Waals surface area (Å²) in [4.78, 5) is 16.0. The summed E-state index contributed by atoms with van der Waals surface area (Å²) in [7, 11) is 0. The van der Waals surface area contributed by atoms with Crippen LogP contribution in [0.3, 0.4) is 0 Å². The van der Waals surface area contributed by atoms with Crippen LogP contribution >= 0.6 is 11.3 Å². The van der Waals surface area contributed by atoms with Gasteiger partial charge >= 0.3 is 0 Å².